The molecular weight excluding hydrogens is 444 g/mol. The number of nitro groups is 1. The predicted molar refractivity (Wildman–Crippen MR) is 121 cm³/mol. The molecule has 2 aromatic rings. The molecule has 34 heavy (non-hydrogen) atoms. The number of rotatable bonds is 8. The summed E-state index contributed by atoms with van der Waals surface area (Å²) in [7, 11) is 0. The lowest BCUT2D eigenvalue weighted by atomic mass is 9.99. The van der Waals surface area contributed by atoms with Crippen molar-refractivity contribution >= 4 is 35.2 Å². The summed E-state index contributed by atoms with van der Waals surface area (Å²) in [6, 6.07) is 11.6. The van der Waals surface area contributed by atoms with Gasteiger partial charge in [-0.1, -0.05) is 43.3 Å². The second kappa shape index (κ2) is 9.69. The normalized spacial score (nSPS) is 18.3. The highest BCUT2D eigenvalue weighted by Crippen LogP contribution is 2.28. The Morgan fingerprint density at radius 3 is 2.47 bits per heavy atom. The molecule has 2 aromatic carbocycles. The Morgan fingerprint density at radius 2 is 1.88 bits per heavy atom. The number of ether oxygens (including phenoxy) is 1. The molecule has 4 amide bonds. The Bertz CT molecular complexity index is 1150. The Morgan fingerprint density at radius 1 is 1.21 bits per heavy atom. The first-order valence-electron chi connectivity index (χ1n) is 10.5. The molecule has 0 aliphatic carbocycles. The molecule has 11 nitrogen and oxygen atoms in total. The number of amides is 4. The minimum absolute atomic E-state index is 0.0645. The van der Waals surface area contributed by atoms with Gasteiger partial charge in [0.25, 0.3) is 17.5 Å². The second-order valence-electron chi connectivity index (χ2n) is 8.05. The van der Waals surface area contributed by atoms with E-state index in [0.29, 0.717) is 17.5 Å². The minimum Gasteiger partial charge on any atom is -0.446 e. The fraction of sp³-hybridized carbons (Fsp3) is 0.304. The standard InChI is InChI=1S/C23H24N4O7/c1-4-23(3)21(30)26(22(31)25-23)13-18(28)34-19(15-8-6-5-7-9-15)20(29)24-16-11-10-14(2)12-17(16)27(32)33/h5-12,19H,4,13H2,1-3H3,(H,24,29)(H,25,31). The van der Waals surface area contributed by atoms with Crippen molar-refractivity contribution in [3.63, 3.8) is 0 Å². The number of urea groups is 1. The van der Waals surface area contributed by atoms with Crippen molar-refractivity contribution in [2.45, 2.75) is 38.8 Å². The average molecular weight is 468 g/mol. The van der Waals surface area contributed by atoms with Gasteiger partial charge in [0.05, 0.1) is 4.92 Å². The summed E-state index contributed by atoms with van der Waals surface area (Å²) in [5.74, 6) is -2.40. The number of hydrogen-bond acceptors (Lipinski definition) is 7. The van der Waals surface area contributed by atoms with Crippen LogP contribution in [0.3, 0.4) is 0 Å². The molecular formula is C23H24N4O7. The highest BCUT2D eigenvalue weighted by atomic mass is 16.6. The van der Waals surface area contributed by atoms with Crippen molar-refractivity contribution in [2.24, 2.45) is 0 Å². The van der Waals surface area contributed by atoms with E-state index in [-0.39, 0.29) is 11.4 Å². The number of aryl methyl sites for hydroxylation is 1. The maximum absolute atomic E-state index is 13.1. The third-order valence-electron chi connectivity index (χ3n) is 5.54. The van der Waals surface area contributed by atoms with Crippen LogP contribution in [0.4, 0.5) is 16.2 Å². The van der Waals surface area contributed by atoms with Gasteiger partial charge < -0.3 is 15.4 Å². The van der Waals surface area contributed by atoms with Crippen LogP contribution in [0.25, 0.3) is 0 Å². The van der Waals surface area contributed by atoms with E-state index in [2.05, 4.69) is 10.6 Å². The monoisotopic (exact) mass is 468 g/mol. The van der Waals surface area contributed by atoms with E-state index < -0.39 is 46.9 Å². The van der Waals surface area contributed by atoms with Crippen LogP contribution in [0.2, 0.25) is 0 Å². The lowest BCUT2D eigenvalue weighted by molar-refractivity contribution is -0.384. The van der Waals surface area contributed by atoms with E-state index in [9.17, 15) is 29.3 Å². The third kappa shape index (κ3) is 5.03. The Kier molecular flexibility index (Phi) is 6.94. The van der Waals surface area contributed by atoms with Gasteiger partial charge >= 0.3 is 12.0 Å². The molecule has 0 bridgehead atoms. The molecule has 1 fully saturated rings. The number of carbonyl (C=O) groups is 4. The van der Waals surface area contributed by atoms with Gasteiger partial charge in [0, 0.05) is 11.6 Å². The predicted octanol–water partition coefficient (Wildman–Crippen LogP) is 2.85. The fourth-order valence-electron chi connectivity index (χ4n) is 3.43. The molecule has 1 aliphatic rings. The molecule has 1 aliphatic heterocycles. The highest BCUT2D eigenvalue weighted by Gasteiger charge is 2.47. The van der Waals surface area contributed by atoms with Crippen molar-refractivity contribution in [2.75, 3.05) is 11.9 Å². The van der Waals surface area contributed by atoms with Crippen LogP contribution in [0.15, 0.2) is 48.5 Å². The van der Waals surface area contributed by atoms with Gasteiger partial charge in [0.2, 0.25) is 6.10 Å². The van der Waals surface area contributed by atoms with Crippen LogP contribution in [0.1, 0.15) is 37.5 Å². The second-order valence-corrected chi connectivity index (χ2v) is 8.05. The summed E-state index contributed by atoms with van der Waals surface area (Å²) in [6.07, 6.45) is -1.15. The molecule has 11 heteroatoms. The first-order valence-corrected chi connectivity index (χ1v) is 10.5. The topological polar surface area (TPSA) is 148 Å². The summed E-state index contributed by atoms with van der Waals surface area (Å²) in [5.41, 5.74) is -0.574. The first kappa shape index (κ1) is 24.4. The van der Waals surface area contributed by atoms with Crippen LogP contribution in [0, 0.1) is 17.0 Å². The fourth-order valence-corrected chi connectivity index (χ4v) is 3.43. The molecule has 0 radical (unpaired) electrons. The zero-order chi connectivity index (χ0) is 25.0. The van der Waals surface area contributed by atoms with Gasteiger partial charge in [-0.25, -0.2) is 4.79 Å². The third-order valence-corrected chi connectivity index (χ3v) is 5.54. The van der Waals surface area contributed by atoms with Gasteiger partial charge in [0.1, 0.15) is 17.8 Å². The lowest BCUT2D eigenvalue weighted by Crippen LogP contribution is -2.43. The number of hydrogen-bond donors (Lipinski definition) is 2. The molecule has 178 valence electrons. The van der Waals surface area contributed by atoms with E-state index in [0.717, 1.165) is 4.90 Å². The SMILES string of the molecule is CCC1(C)NC(=O)N(CC(=O)OC(C(=O)Nc2ccc(C)cc2[N+](=O)[O-])c2ccccc2)C1=O. The van der Waals surface area contributed by atoms with Crippen LogP contribution in [0.5, 0.6) is 0 Å². The van der Waals surface area contributed by atoms with Crippen LogP contribution in [-0.2, 0) is 19.1 Å². The van der Waals surface area contributed by atoms with E-state index in [1.54, 1.807) is 57.2 Å². The number of nitrogens with zero attached hydrogens (tertiary/aromatic N) is 2. The molecule has 0 saturated carbocycles. The maximum atomic E-state index is 13.1. The summed E-state index contributed by atoms with van der Waals surface area (Å²) in [4.78, 5) is 62.0. The molecule has 1 heterocycles. The largest absolute Gasteiger partial charge is 0.446 e. The summed E-state index contributed by atoms with van der Waals surface area (Å²) in [6.45, 7) is 4.25. The Balaban J connectivity index is 1.82. The smallest absolute Gasteiger partial charge is 0.327 e. The van der Waals surface area contributed by atoms with Crippen LogP contribution >= 0.6 is 0 Å². The summed E-state index contributed by atoms with van der Waals surface area (Å²) >= 11 is 0. The molecule has 2 N–H and O–H groups in total. The van der Waals surface area contributed by atoms with E-state index in [1.165, 1.54) is 12.1 Å². The molecule has 0 spiro atoms. The summed E-state index contributed by atoms with van der Waals surface area (Å²) < 4.78 is 5.36. The van der Waals surface area contributed by atoms with Gasteiger partial charge in [-0.3, -0.25) is 29.4 Å². The zero-order valence-corrected chi connectivity index (χ0v) is 18.9. The molecule has 1 saturated heterocycles. The highest BCUT2D eigenvalue weighted by molar-refractivity contribution is 6.08. The van der Waals surface area contributed by atoms with Crippen LogP contribution < -0.4 is 10.6 Å². The maximum Gasteiger partial charge on any atom is 0.327 e. The molecule has 2 unspecified atom stereocenters. The van der Waals surface area contributed by atoms with Crippen molar-refractivity contribution < 1.29 is 28.8 Å². The number of benzene rings is 2. The number of esters is 1. The number of imide groups is 1. The first-order chi connectivity index (χ1) is 16.1. The minimum atomic E-state index is -1.48. The van der Waals surface area contributed by atoms with E-state index in [1.807, 2.05) is 0 Å². The molecule has 0 aromatic heterocycles. The van der Waals surface area contributed by atoms with Crippen LogP contribution in [-0.4, -0.2) is 45.7 Å². The number of nitro benzene ring substituents is 1. The molecule has 3 rings (SSSR count). The average Bonchev–Trinajstić information content (AvgIpc) is 3.02. The number of nitrogens with one attached hydrogen (secondary N) is 2. The quantitative estimate of drug-likeness (QED) is 0.262. The van der Waals surface area contributed by atoms with Gasteiger partial charge in [-0.05, 0) is 31.9 Å². The van der Waals surface area contributed by atoms with E-state index >= 15 is 0 Å². The van der Waals surface area contributed by atoms with Crippen molar-refractivity contribution in [3.8, 4) is 0 Å². The van der Waals surface area contributed by atoms with Gasteiger partial charge in [-0.2, -0.15) is 0 Å². The number of carbonyl (C=O) groups excluding carboxylic acids is 4. The van der Waals surface area contributed by atoms with E-state index in [4.69, 9.17) is 4.74 Å². The lowest BCUT2D eigenvalue weighted by Gasteiger charge is -2.21. The Labute approximate surface area is 195 Å². The van der Waals surface area contributed by atoms with Crippen molar-refractivity contribution in [1.82, 2.24) is 10.2 Å². The van der Waals surface area contributed by atoms with Gasteiger partial charge in [-0.15, -0.1) is 0 Å². The van der Waals surface area contributed by atoms with Crippen molar-refractivity contribution in [3.05, 3.63) is 69.8 Å². The number of anilines is 1. The van der Waals surface area contributed by atoms with Gasteiger partial charge in [0.15, 0.2) is 0 Å². The Hall–Kier alpha value is -4.28. The zero-order valence-electron chi connectivity index (χ0n) is 18.9. The van der Waals surface area contributed by atoms with Crippen molar-refractivity contribution in [1.29, 1.82) is 0 Å². The summed E-state index contributed by atoms with van der Waals surface area (Å²) in [5, 5.41) is 16.4. The molecule has 2 atom stereocenters.